The predicted octanol–water partition coefficient (Wildman–Crippen LogP) is 2.03. The van der Waals surface area contributed by atoms with Crippen LogP contribution in [0.1, 0.15) is 0 Å². The highest BCUT2D eigenvalue weighted by Gasteiger charge is 2.07. The zero-order valence-corrected chi connectivity index (χ0v) is 14.1. The van der Waals surface area contributed by atoms with Gasteiger partial charge in [-0.15, -0.1) is 0 Å². The van der Waals surface area contributed by atoms with Gasteiger partial charge in [0.2, 0.25) is 5.91 Å². The Bertz CT molecular complexity index is 715. The minimum atomic E-state index is -0.442. The van der Waals surface area contributed by atoms with Crippen molar-refractivity contribution in [2.75, 3.05) is 37.5 Å². The average Bonchev–Trinajstić information content (AvgIpc) is 2.60. The number of benzene rings is 2. The largest absolute Gasteiger partial charge is 0.484 e. The van der Waals surface area contributed by atoms with E-state index in [9.17, 15) is 14.0 Å². The van der Waals surface area contributed by atoms with Gasteiger partial charge in [-0.05, 0) is 48.5 Å². The van der Waals surface area contributed by atoms with Gasteiger partial charge in [0.1, 0.15) is 11.6 Å². The number of hydrogen-bond acceptors (Lipinski definition) is 4. The van der Waals surface area contributed by atoms with E-state index in [2.05, 4.69) is 10.6 Å². The summed E-state index contributed by atoms with van der Waals surface area (Å²) in [5.41, 5.74) is 1.66. The van der Waals surface area contributed by atoms with Crippen molar-refractivity contribution in [1.82, 2.24) is 5.32 Å². The summed E-state index contributed by atoms with van der Waals surface area (Å²) < 4.78 is 17.9. The smallest absolute Gasteiger partial charge is 0.258 e. The summed E-state index contributed by atoms with van der Waals surface area (Å²) in [6.07, 6.45) is 0. The molecule has 2 N–H and O–H groups in total. The van der Waals surface area contributed by atoms with Crippen LogP contribution in [0.4, 0.5) is 15.8 Å². The number of nitrogens with one attached hydrogen (secondary N) is 2. The van der Waals surface area contributed by atoms with Gasteiger partial charge in [0.25, 0.3) is 5.91 Å². The SMILES string of the molecule is CN(C)c1ccc(NC(=O)CNC(=O)COc2ccc(F)cc2)cc1. The van der Waals surface area contributed by atoms with Crippen molar-refractivity contribution in [2.45, 2.75) is 0 Å². The normalized spacial score (nSPS) is 10.0. The van der Waals surface area contributed by atoms with Crippen LogP contribution in [-0.4, -0.2) is 39.1 Å². The van der Waals surface area contributed by atoms with E-state index in [0.29, 0.717) is 11.4 Å². The van der Waals surface area contributed by atoms with Crippen molar-refractivity contribution in [3.8, 4) is 5.75 Å². The summed E-state index contributed by atoms with van der Waals surface area (Å²) in [5, 5.41) is 5.14. The maximum absolute atomic E-state index is 12.8. The van der Waals surface area contributed by atoms with Gasteiger partial charge in [-0.25, -0.2) is 4.39 Å². The number of halogens is 1. The highest BCUT2D eigenvalue weighted by molar-refractivity contribution is 5.94. The molecule has 132 valence electrons. The summed E-state index contributed by atoms with van der Waals surface area (Å²) in [5.74, 6) is -0.788. The molecule has 2 rings (SSSR count). The summed E-state index contributed by atoms with van der Waals surface area (Å²) in [7, 11) is 3.86. The monoisotopic (exact) mass is 345 g/mol. The fraction of sp³-hybridized carbons (Fsp3) is 0.222. The molecule has 0 aromatic heterocycles. The van der Waals surface area contributed by atoms with E-state index in [-0.39, 0.29) is 24.9 Å². The molecule has 0 atom stereocenters. The second-order valence-electron chi connectivity index (χ2n) is 5.51. The van der Waals surface area contributed by atoms with Crippen LogP contribution >= 0.6 is 0 Å². The molecule has 0 bridgehead atoms. The summed E-state index contributed by atoms with van der Waals surface area (Å²) >= 11 is 0. The van der Waals surface area contributed by atoms with Crippen LogP contribution in [0, 0.1) is 5.82 Å². The highest BCUT2D eigenvalue weighted by Crippen LogP contribution is 2.15. The van der Waals surface area contributed by atoms with Gasteiger partial charge in [-0.3, -0.25) is 9.59 Å². The molecule has 6 nitrogen and oxygen atoms in total. The van der Waals surface area contributed by atoms with Crippen LogP contribution in [-0.2, 0) is 9.59 Å². The maximum atomic E-state index is 12.8. The third-order valence-electron chi connectivity index (χ3n) is 3.30. The molecular weight excluding hydrogens is 325 g/mol. The Morgan fingerprint density at radius 2 is 1.64 bits per heavy atom. The molecule has 0 unspecified atom stereocenters. The number of anilines is 2. The second kappa shape index (κ2) is 8.68. The molecule has 7 heteroatoms. The number of hydrogen-bond donors (Lipinski definition) is 2. The van der Waals surface area contributed by atoms with Gasteiger partial charge in [0.05, 0.1) is 6.54 Å². The number of ether oxygens (including phenoxy) is 1. The van der Waals surface area contributed by atoms with Crippen molar-refractivity contribution in [1.29, 1.82) is 0 Å². The Morgan fingerprint density at radius 3 is 2.24 bits per heavy atom. The topological polar surface area (TPSA) is 70.7 Å². The highest BCUT2D eigenvalue weighted by atomic mass is 19.1. The fourth-order valence-electron chi connectivity index (χ4n) is 1.96. The Kier molecular flexibility index (Phi) is 6.33. The van der Waals surface area contributed by atoms with Crippen LogP contribution in [0.5, 0.6) is 5.75 Å². The molecule has 2 aromatic rings. The van der Waals surface area contributed by atoms with E-state index in [0.717, 1.165) is 5.69 Å². The molecule has 0 radical (unpaired) electrons. The number of rotatable bonds is 7. The molecule has 25 heavy (non-hydrogen) atoms. The van der Waals surface area contributed by atoms with Crippen molar-refractivity contribution in [2.24, 2.45) is 0 Å². The van der Waals surface area contributed by atoms with Crippen molar-refractivity contribution in [3.05, 3.63) is 54.3 Å². The van der Waals surface area contributed by atoms with Gasteiger partial charge < -0.3 is 20.3 Å². The molecule has 0 spiro atoms. The molecule has 0 saturated carbocycles. The van der Waals surface area contributed by atoms with Gasteiger partial charge in [0.15, 0.2) is 6.61 Å². The van der Waals surface area contributed by atoms with Gasteiger partial charge in [-0.1, -0.05) is 0 Å². The van der Waals surface area contributed by atoms with E-state index in [4.69, 9.17) is 4.74 Å². The minimum absolute atomic E-state index is 0.166. The number of nitrogens with zero attached hydrogens (tertiary/aromatic N) is 1. The quantitative estimate of drug-likeness (QED) is 0.805. The van der Waals surface area contributed by atoms with Crippen LogP contribution in [0.15, 0.2) is 48.5 Å². The Labute approximate surface area is 145 Å². The summed E-state index contributed by atoms with van der Waals surface area (Å²) in [4.78, 5) is 25.4. The Hall–Kier alpha value is -3.09. The third-order valence-corrected chi connectivity index (χ3v) is 3.30. The molecule has 0 aliphatic rings. The van der Waals surface area contributed by atoms with E-state index < -0.39 is 5.91 Å². The van der Waals surface area contributed by atoms with Gasteiger partial charge >= 0.3 is 0 Å². The van der Waals surface area contributed by atoms with Crippen molar-refractivity contribution < 1.29 is 18.7 Å². The first-order valence-electron chi connectivity index (χ1n) is 7.66. The lowest BCUT2D eigenvalue weighted by Gasteiger charge is -2.13. The standard InChI is InChI=1S/C18H20FN3O3/c1-22(2)15-7-5-14(6-8-15)21-17(23)11-20-18(24)12-25-16-9-3-13(19)4-10-16/h3-10H,11-12H2,1-2H3,(H,20,24)(H,21,23). The first-order valence-corrected chi connectivity index (χ1v) is 7.66. The van der Waals surface area contributed by atoms with Gasteiger partial charge in [-0.2, -0.15) is 0 Å². The molecule has 0 aliphatic carbocycles. The van der Waals surface area contributed by atoms with E-state index in [1.165, 1.54) is 24.3 Å². The average molecular weight is 345 g/mol. The Balaban J connectivity index is 1.71. The first kappa shape index (κ1) is 18.3. The number of carbonyl (C=O) groups excluding carboxylic acids is 2. The van der Waals surface area contributed by atoms with E-state index in [1.807, 2.05) is 31.1 Å². The lowest BCUT2D eigenvalue weighted by molar-refractivity contribution is -0.125. The van der Waals surface area contributed by atoms with Crippen molar-refractivity contribution >= 4 is 23.2 Å². The molecule has 2 amide bonds. The van der Waals surface area contributed by atoms with Crippen LogP contribution in [0.2, 0.25) is 0 Å². The second-order valence-corrected chi connectivity index (χ2v) is 5.51. The van der Waals surface area contributed by atoms with Crippen molar-refractivity contribution in [3.63, 3.8) is 0 Å². The fourth-order valence-corrected chi connectivity index (χ4v) is 1.96. The summed E-state index contributed by atoms with van der Waals surface area (Å²) in [6, 6.07) is 12.7. The molecular formula is C18H20FN3O3. The van der Waals surface area contributed by atoms with E-state index in [1.54, 1.807) is 12.1 Å². The van der Waals surface area contributed by atoms with Crippen LogP contribution < -0.4 is 20.3 Å². The summed E-state index contributed by atoms with van der Waals surface area (Å²) in [6.45, 7) is -0.419. The lowest BCUT2D eigenvalue weighted by atomic mass is 10.2. The Morgan fingerprint density at radius 1 is 1.00 bits per heavy atom. The predicted molar refractivity (Wildman–Crippen MR) is 94.3 cm³/mol. The van der Waals surface area contributed by atoms with Crippen LogP contribution in [0.25, 0.3) is 0 Å². The minimum Gasteiger partial charge on any atom is -0.484 e. The number of amides is 2. The third kappa shape index (κ3) is 6.14. The molecule has 0 heterocycles. The maximum Gasteiger partial charge on any atom is 0.258 e. The van der Waals surface area contributed by atoms with Crippen LogP contribution in [0.3, 0.4) is 0 Å². The first-order chi connectivity index (χ1) is 11.9. The molecule has 0 fully saturated rings. The number of carbonyl (C=O) groups is 2. The molecule has 0 saturated heterocycles. The lowest BCUT2D eigenvalue weighted by Crippen LogP contribution is -2.35. The zero-order valence-electron chi connectivity index (χ0n) is 14.1. The zero-order chi connectivity index (χ0) is 18.2. The van der Waals surface area contributed by atoms with E-state index >= 15 is 0 Å². The molecule has 2 aromatic carbocycles. The molecule has 0 aliphatic heterocycles. The van der Waals surface area contributed by atoms with Gasteiger partial charge in [0, 0.05) is 25.5 Å².